The van der Waals surface area contributed by atoms with E-state index in [2.05, 4.69) is 0 Å². The van der Waals surface area contributed by atoms with Crippen molar-refractivity contribution in [1.29, 1.82) is 0 Å². The maximum atomic E-state index is 13.4. The van der Waals surface area contributed by atoms with Crippen molar-refractivity contribution in [2.24, 2.45) is 5.92 Å². The van der Waals surface area contributed by atoms with E-state index in [0.717, 1.165) is 18.2 Å². The van der Waals surface area contributed by atoms with Crippen LogP contribution in [-0.4, -0.2) is 35.0 Å². The van der Waals surface area contributed by atoms with Gasteiger partial charge in [-0.2, -0.15) is 0 Å². The number of halogens is 2. The molecule has 0 spiro atoms. The highest BCUT2D eigenvalue weighted by Gasteiger charge is 2.32. The minimum Gasteiger partial charge on any atom is -0.481 e. The summed E-state index contributed by atoms with van der Waals surface area (Å²) >= 11 is 0. The first-order valence-electron chi connectivity index (χ1n) is 5.46. The molecule has 1 N–H and O–H groups in total. The van der Waals surface area contributed by atoms with Gasteiger partial charge in [0.2, 0.25) is 0 Å². The predicted octanol–water partition coefficient (Wildman–Crippen LogP) is 1.51. The van der Waals surface area contributed by atoms with Crippen LogP contribution < -0.4 is 0 Å². The number of aliphatic carboxylic acids is 1. The summed E-state index contributed by atoms with van der Waals surface area (Å²) in [5.41, 5.74) is -0.360. The van der Waals surface area contributed by atoms with Crippen LogP contribution >= 0.6 is 0 Å². The Labute approximate surface area is 102 Å². The first-order valence-corrected chi connectivity index (χ1v) is 5.46. The summed E-state index contributed by atoms with van der Waals surface area (Å²) in [5.74, 6) is -3.79. The Morgan fingerprint density at radius 1 is 1.33 bits per heavy atom. The fourth-order valence-electron chi connectivity index (χ4n) is 1.98. The zero-order valence-electron chi connectivity index (χ0n) is 9.40. The summed E-state index contributed by atoms with van der Waals surface area (Å²) in [5, 5.41) is 8.81. The second-order valence-corrected chi connectivity index (χ2v) is 4.20. The molecule has 18 heavy (non-hydrogen) atoms. The Morgan fingerprint density at radius 2 is 2.06 bits per heavy atom. The molecule has 1 aromatic carbocycles. The van der Waals surface area contributed by atoms with Crippen molar-refractivity contribution in [1.82, 2.24) is 4.90 Å². The van der Waals surface area contributed by atoms with E-state index in [9.17, 15) is 18.4 Å². The molecule has 1 saturated heterocycles. The quantitative estimate of drug-likeness (QED) is 0.871. The van der Waals surface area contributed by atoms with Gasteiger partial charge in [0.1, 0.15) is 11.6 Å². The largest absolute Gasteiger partial charge is 0.481 e. The van der Waals surface area contributed by atoms with Gasteiger partial charge < -0.3 is 10.0 Å². The number of carbonyl (C=O) groups excluding carboxylic acids is 1. The first kappa shape index (κ1) is 12.5. The third-order valence-corrected chi connectivity index (χ3v) is 2.98. The van der Waals surface area contributed by atoms with Crippen LogP contribution in [0.15, 0.2) is 18.2 Å². The van der Waals surface area contributed by atoms with Gasteiger partial charge in [0.25, 0.3) is 5.91 Å². The van der Waals surface area contributed by atoms with Gasteiger partial charge in [-0.1, -0.05) is 0 Å². The molecule has 0 aromatic heterocycles. The maximum absolute atomic E-state index is 13.4. The van der Waals surface area contributed by atoms with Gasteiger partial charge in [-0.25, -0.2) is 8.78 Å². The molecule has 0 bridgehead atoms. The normalized spacial score (nSPS) is 19.0. The molecular weight excluding hydrogens is 244 g/mol. The number of hydrogen-bond acceptors (Lipinski definition) is 2. The van der Waals surface area contributed by atoms with Gasteiger partial charge in [-0.3, -0.25) is 9.59 Å². The molecule has 1 aliphatic rings. The van der Waals surface area contributed by atoms with Crippen LogP contribution in [0.25, 0.3) is 0 Å². The predicted molar refractivity (Wildman–Crippen MR) is 58.0 cm³/mol. The average Bonchev–Trinajstić information content (AvgIpc) is 2.81. The summed E-state index contributed by atoms with van der Waals surface area (Å²) in [4.78, 5) is 23.9. The summed E-state index contributed by atoms with van der Waals surface area (Å²) < 4.78 is 26.4. The highest BCUT2D eigenvalue weighted by molar-refractivity contribution is 5.95. The lowest BCUT2D eigenvalue weighted by Crippen LogP contribution is -2.30. The van der Waals surface area contributed by atoms with Crippen LogP contribution in [0.3, 0.4) is 0 Å². The molecule has 2 rings (SSSR count). The SMILES string of the molecule is O=C(O)C1CCN(C(=O)c2cc(F)ccc2F)C1. The van der Waals surface area contributed by atoms with Crippen molar-refractivity contribution in [3.8, 4) is 0 Å². The Bertz CT molecular complexity index is 504. The number of carbonyl (C=O) groups is 2. The average molecular weight is 255 g/mol. The molecule has 1 aromatic rings. The van der Waals surface area contributed by atoms with Gasteiger partial charge in [-0.15, -0.1) is 0 Å². The van der Waals surface area contributed by atoms with Gasteiger partial charge in [0, 0.05) is 13.1 Å². The molecular formula is C12H11F2NO3. The van der Waals surface area contributed by atoms with E-state index in [1.165, 1.54) is 4.90 Å². The fraction of sp³-hybridized carbons (Fsp3) is 0.333. The topological polar surface area (TPSA) is 57.6 Å². The Hall–Kier alpha value is -1.98. The number of likely N-dealkylation sites (tertiary alicyclic amines) is 1. The number of carboxylic acids is 1. The molecule has 4 nitrogen and oxygen atoms in total. The van der Waals surface area contributed by atoms with Crippen molar-refractivity contribution < 1.29 is 23.5 Å². The Morgan fingerprint density at radius 3 is 2.67 bits per heavy atom. The second-order valence-electron chi connectivity index (χ2n) is 4.20. The molecule has 0 radical (unpaired) electrons. The van der Waals surface area contributed by atoms with E-state index in [0.29, 0.717) is 6.42 Å². The zero-order valence-corrected chi connectivity index (χ0v) is 9.40. The molecule has 1 heterocycles. The number of amides is 1. The third-order valence-electron chi connectivity index (χ3n) is 2.98. The van der Waals surface area contributed by atoms with Crippen LogP contribution in [0.2, 0.25) is 0 Å². The summed E-state index contributed by atoms with van der Waals surface area (Å²) in [6.07, 6.45) is 0.331. The van der Waals surface area contributed by atoms with Crippen LogP contribution in [-0.2, 0) is 4.79 Å². The second kappa shape index (κ2) is 4.72. The van der Waals surface area contributed by atoms with E-state index in [-0.39, 0.29) is 18.7 Å². The maximum Gasteiger partial charge on any atom is 0.308 e. The van der Waals surface area contributed by atoms with Crippen LogP contribution in [0.4, 0.5) is 8.78 Å². The van der Waals surface area contributed by atoms with E-state index in [1.54, 1.807) is 0 Å². The van der Waals surface area contributed by atoms with Crippen LogP contribution in [0.1, 0.15) is 16.8 Å². The lowest BCUT2D eigenvalue weighted by Gasteiger charge is -2.16. The number of nitrogens with zero attached hydrogens (tertiary/aromatic N) is 1. The summed E-state index contributed by atoms with van der Waals surface area (Å²) in [6.45, 7) is 0.274. The van der Waals surface area contributed by atoms with E-state index >= 15 is 0 Å². The van der Waals surface area contributed by atoms with Crippen LogP contribution in [0.5, 0.6) is 0 Å². The molecule has 1 unspecified atom stereocenters. The Balaban J connectivity index is 2.17. The minimum atomic E-state index is -0.981. The monoisotopic (exact) mass is 255 g/mol. The molecule has 0 aliphatic carbocycles. The van der Waals surface area contributed by atoms with Gasteiger partial charge in [0.05, 0.1) is 11.5 Å². The number of benzene rings is 1. The lowest BCUT2D eigenvalue weighted by atomic mass is 10.1. The molecule has 6 heteroatoms. The number of hydrogen-bond donors (Lipinski definition) is 1. The molecule has 1 aliphatic heterocycles. The third kappa shape index (κ3) is 2.32. The molecule has 1 fully saturated rings. The highest BCUT2D eigenvalue weighted by atomic mass is 19.1. The standard InChI is InChI=1S/C12H11F2NO3/c13-8-1-2-10(14)9(5-8)11(16)15-4-3-7(6-15)12(17)18/h1-2,5,7H,3-4,6H2,(H,17,18). The number of rotatable bonds is 2. The van der Waals surface area contributed by atoms with Crippen molar-refractivity contribution in [2.45, 2.75) is 6.42 Å². The lowest BCUT2D eigenvalue weighted by molar-refractivity contribution is -0.141. The highest BCUT2D eigenvalue weighted by Crippen LogP contribution is 2.20. The minimum absolute atomic E-state index is 0.0319. The molecule has 96 valence electrons. The van der Waals surface area contributed by atoms with Crippen LogP contribution in [0, 0.1) is 17.6 Å². The Kier molecular flexibility index (Phi) is 3.27. The molecule has 1 amide bonds. The van der Waals surface area contributed by atoms with E-state index in [4.69, 9.17) is 5.11 Å². The molecule has 1 atom stereocenters. The van der Waals surface area contributed by atoms with Gasteiger partial charge in [0.15, 0.2) is 0 Å². The first-order chi connectivity index (χ1) is 8.49. The van der Waals surface area contributed by atoms with Crippen molar-refractivity contribution in [2.75, 3.05) is 13.1 Å². The van der Waals surface area contributed by atoms with Gasteiger partial charge in [-0.05, 0) is 24.6 Å². The number of carboxylic acid groups (broad SMARTS) is 1. The smallest absolute Gasteiger partial charge is 0.308 e. The summed E-state index contributed by atoms with van der Waals surface area (Å²) in [7, 11) is 0. The van der Waals surface area contributed by atoms with Gasteiger partial charge >= 0.3 is 5.97 Å². The van der Waals surface area contributed by atoms with Crippen molar-refractivity contribution >= 4 is 11.9 Å². The van der Waals surface area contributed by atoms with Crippen molar-refractivity contribution in [3.05, 3.63) is 35.4 Å². The molecule has 0 saturated carbocycles. The zero-order chi connectivity index (χ0) is 13.3. The van der Waals surface area contributed by atoms with E-state index in [1.807, 2.05) is 0 Å². The summed E-state index contributed by atoms with van der Waals surface area (Å²) in [6, 6.07) is 2.63. The fourth-order valence-corrected chi connectivity index (χ4v) is 1.98. The van der Waals surface area contributed by atoms with E-state index < -0.39 is 29.4 Å². The van der Waals surface area contributed by atoms with Crippen molar-refractivity contribution in [3.63, 3.8) is 0 Å².